The molecule has 100 valence electrons. The minimum atomic E-state index is 0.496. The Morgan fingerprint density at radius 2 is 2.21 bits per heavy atom. The molecule has 0 saturated carbocycles. The van der Waals surface area contributed by atoms with Gasteiger partial charge in [-0.2, -0.15) is 0 Å². The minimum absolute atomic E-state index is 0.496. The van der Waals surface area contributed by atoms with Crippen molar-refractivity contribution in [1.29, 1.82) is 0 Å². The second-order valence-electron chi connectivity index (χ2n) is 4.94. The zero-order chi connectivity index (χ0) is 13.1. The summed E-state index contributed by atoms with van der Waals surface area (Å²) in [4.78, 5) is 9.99. The van der Waals surface area contributed by atoms with Crippen molar-refractivity contribution in [3.05, 3.63) is 48.0 Å². The summed E-state index contributed by atoms with van der Waals surface area (Å²) in [7, 11) is 1.70. The quantitative estimate of drug-likeness (QED) is 0.915. The molecule has 0 radical (unpaired) electrons. The van der Waals surface area contributed by atoms with Crippen molar-refractivity contribution in [1.82, 2.24) is 14.9 Å². The van der Waals surface area contributed by atoms with Crippen molar-refractivity contribution >= 4 is 0 Å². The Kier molecular flexibility index (Phi) is 3.51. The van der Waals surface area contributed by atoms with Crippen molar-refractivity contribution in [3.8, 4) is 5.75 Å². The van der Waals surface area contributed by atoms with Gasteiger partial charge in [0, 0.05) is 18.4 Å². The maximum atomic E-state index is 5.22. The highest BCUT2D eigenvalue weighted by Gasteiger charge is 2.26. The molecule has 1 N–H and O–H groups in total. The SMILES string of the molecule is COc1ccc(C2CCCN2Cc2ncc[nH]2)cc1. The highest BCUT2D eigenvalue weighted by Crippen LogP contribution is 2.33. The molecular weight excluding hydrogens is 238 g/mol. The summed E-state index contributed by atoms with van der Waals surface area (Å²) in [5.41, 5.74) is 1.37. The van der Waals surface area contributed by atoms with Crippen molar-refractivity contribution in [2.24, 2.45) is 0 Å². The van der Waals surface area contributed by atoms with E-state index in [1.165, 1.54) is 18.4 Å². The fourth-order valence-electron chi connectivity index (χ4n) is 2.80. The fourth-order valence-corrected chi connectivity index (χ4v) is 2.80. The molecule has 0 bridgehead atoms. The van der Waals surface area contributed by atoms with E-state index < -0.39 is 0 Å². The van der Waals surface area contributed by atoms with Gasteiger partial charge in [-0.15, -0.1) is 0 Å². The summed E-state index contributed by atoms with van der Waals surface area (Å²) < 4.78 is 5.22. The first kappa shape index (κ1) is 12.2. The zero-order valence-electron chi connectivity index (χ0n) is 11.2. The minimum Gasteiger partial charge on any atom is -0.497 e. The van der Waals surface area contributed by atoms with Crippen molar-refractivity contribution in [3.63, 3.8) is 0 Å². The standard InChI is InChI=1S/C15H19N3O/c1-19-13-6-4-12(5-7-13)14-3-2-10-18(14)11-15-16-8-9-17-15/h4-9,14H,2-3,10-11H2,1H3,(H,16,17). The van der Waals surface area contributed by atoms with Crippen LogP contribution in [0, 0.1) is 0 Å². The molecule has 1 aromatic heterocycles. The lowest BCUT2D eigenvalue weighted by molar-refractivity contribution is 0.243. The van der Waals surface area contributed by atoms with Crippen LogP contribution in [0.1, 0.15) is 30.3 Å². The van der Waals surface area contributed by atoms with Crippen molar-refractivity contribution < 1.29 is 4.74 Å². The van der Waals surface area contributed by atoms with Crippen molar-refractivity contribution in [2.45, 2.75) is 25.4 Å². The number of imidazole rings is 1. The van der Waals surface area contributed by atoms with Crippen LogP contribution in [0.3, 0.4) is 0 Å². The molecule has 2 aromatic rings. The summed E-state index contributed by atoms with van der Waals surface area (Å²) in [6, 6.07) is 8.92. The van der Waals surface area contributed by atoms with Crippen molar-refractivity contribution in [2.75, 3.05) is 13.7 Å². The molecule has 0 spiro atoms. The van der Waals surface area contributed by atoms with Crippen LogP contribution < -0.4 is 4.74 Å². The molecule has 1 aromatic carbocycles. The number of ether oxygens (including phenoxy) is 1. The number of likely N-dealkylation sites (tertiary alicyclic amines) is 1. The monoisotopic (exact) mass is 257 g/mol. The van der Waals surface area contributed by atoms with Gasteiger partial charge < -0.3 is 9.72 Å². The highest BCUT2D eigenvalue weighted by atomic mass is 16.5. The topological polar surface area (TPSA) is 41.1 Å². The molecule has 2 heterocycles. The third kappa shape index (κ3) is 2.63. The van der Waals surface area contributed by atoms with Crippen LogP contribution in [-0.2, 0) is 6.54 Å². The number of aromatic amines is 1. The van der Waals surface area contributed by atoms with E-state index in [0.717, 1.165) is 24.7 Å². The van der Waals surface area contributed by atoms with Crippen LogP contribution in [0.15, 0.2) is 36.7 Å². The van der Waals surface area contributed by atoms with Gasteiger partial charge in [0.1, 0.15) is 11.6 Å². The number of hydrogen-bond acceptors (Lipinski definition) is 3. The Balaban J connectivity index is 1.74. The van der Waals surface area contributed by atoms with Gasteiger partial charge in [0.05, 0.1) is 13.7 Å². The maximum absolute atomic E-state index is 5.22. The Morgan fingerprint density at radius 3 is 2.89 bits per heavy atom. The molecule has 1 saturated heterocycles. The summed E-state index contributed by atoms with van der Waals surface area (Å²) in [5.74, 6) is 1.96. The third-order valence-electron chi connectivity index (χ3n) is 3.77. The first-order chi connectivity index (χ1) is 9.36. The van der Waals surface area contributed by atoms with Crippen LogP contribution in [-0.4, -0.2) is 28.5 Å². The Labute approximate surface area is 113 Å². The molecule has 1 atom stereocenters. The summed E-state index contributed by atoms with van der Waals surface area (Å²) in [6.45, 7) is 2.03. The van der Waals surface area contributed by atoms with Gasteiger partial charge in [-0.1, -0.05) is 12.1 Å². The van der Waals surface area contributed by atoms with E-state index in [1.807, 2.05) is 24.5 Å². The molecular formula is C15H19N3O. The average Bonchev–Trinajstić information content (AvgIpc) is 3.11. The number of H-pyrrole nitrogens is 1. The summed E-state index contributed by atoms with van der Waals surface area (Å²) in [6.07, 6.45) is 6.16. The van der Waals surface area contributed by atoms with Crippen LogP contribution in [0.2, 0.25) is 0 Å². The number of aromatic nitrogens is 2. The van der Waals surface area contributed by atoms with Crippen LogP contribution in [0.25, 0.3) is 0 Å². The molecule has 1 unspecified atom stereocenters. The number of hydrogen-bond donors (Lipinski definition) is 1. The molecule has 1 fully saturated rings. The second kappa shape index (κ2) is 5.45. The maximum Gasteiger partial charge on any atom is 0.120 e. The van der Waals surface area contributed by atoms with Gasteiger partial charge in [-0.25, -0.2) is 4.98 Å². The fraction of sp³-hybridized carbons (Fsp3) is 0.400. The lowest BCUT2D eigenvalue weighted by Gasteiger charge is -2.24. The summed E-state index contributed by atoms with van der Waals surface area (Å²) in [5, 5.41) is 0. The Hall–Kier alpha value is -1.81. The zero-order valence-corrected chi connectivity index (χ0v) is 11.2. The lowest BCUT2D eigenvalue weighted by Crippen LogP contribution is -2.23. The predicted molar refractivity (Wildman–Crippen MR) is 74.0 cm³/mol. The van der Waals surface area contributed by atoms with Gasteiger partial charge in [0.15, 0.2) is 0 Å². The van der Waals surface area contributed by atoms with E-state index in [4.69, 9.17) is 4.74 Å². The van der Waals surface area contributed by atoms with Gasteiger partial charge in [-0.05, 0) is 37.1 Å². The highest BCUT2D eigenvalue weighted by molar-refractivity contribution is 5.29. The number of nitrogens with one attached hydrogen (secondary N) is 1. The smallest absolute Gasteiger partial charge is 0.120 e. The van der Waals surface area contributed by atoms with Crippen LogP contribution in [0.4, 0.5) is 0 Å². The largest absolute Gasteiger partial charge is 0.497 e. The molecule has 19 heavy (non-hydrogen) atoms. The van der Waals surface area contributed by atoms with E-state index in [9.17, 15) is 0 Å². The van der Waals surface area contributed by atoms with Crippen LogP contribution >= 0.6 is 0 Å². The molecule has 1 aliphatic rings. The Bertz CT molecular complexity index is 507. The first-order valence-corrected chi connectivity index (χ1v) is 6.73. The van der Waals surface area contributed by atoms with Gasteiger partial charge >= 0.3 is 0 Å². The predicted octanol–water partition coefficient (Wildman–Crippen LogP) is 2.76. The lowest BCUT2D eigenvalue weighted by atomic mass is 10.0. The molecule has 3 rings (SSSR count). The van der Waals surface area contributed by atoms with Gasteiger partial charge in [0.2, 0.25) is 0 Å². The van der Waals surface area contributed by atoms with Crippen LogP contribution in [0.5, 0.6) is 5.75 Å². The normalized spacial score (nSPS) is 19.7. The molecule has 0 amide bonds. The number of nitrogens with zero attached hydrogens (tertiary/aromatic N) is 2. The first-order valence-electron chi connectivity index (χ1n) is 6.73. The molecule has 1 aliphatic heterocycles. The van der Waals surface area contributed by atoms with Gasteiger partial charge in [-0.3, -0.25) is 4.90 Å². The number of rotatable bonds is 4. The molecule has 4 heteroatoms. The molecule has 4 nitrogen and oxygen atoms in total. The number of benzene rings is 1. The summed E-state index contributed by atoms with van der Waals surface area (Å²) >= 11 is 0. The Morgan fingerprint density at radius 1 is 1.37 bits per heavy atom. The van der Waals surface area contributed by atoms with E-state index in [2.05, 4.69) is 27.0 Å². The van der Waals surface area contributed by atoms with Gasteiger partial charge in [0.25, 0.3) is 0 Å². The number of methoxy groups -OCH3 is 1. The van der Waals surface area contributed by atoms with E-state index in [1.54, 1.807) is 7.11 Å². The molecule has 0 aliphatic carbocycles. The average molecular weight is 257 g/mol. The third-order valence-corrected chi connectivity index (χ3v) is 3.77. The van der Waals surface area contributed by atoms with E-state index in [-0.39, 0.29) is 0 Å². The van der Waals surface area contributed by atoms with E-state index in [0.29, 0.717) is 6.04 Å². The van der Waals surface area contributed by atoms with E-state index >= 15 is 0 Å². The second-order valence-corrected chi connectivity index (χ2v) is 4.94.